The number of nitrogens with one attached hydrogen (secondary N) is 1. The number of aryl methyl sites for hydroxylation is 3. The van der Waals surface area contributed by atoms with Crippen LogP contribution in [0, 0.1) is 20.8 Å². The van der Waals surface area contributed by atoms with Crippen LogP contribution in [0.1, 0.15) is 47.7 Å². The highest BCUT2D eigenvalue weighted by molar-refractivity contribution is 5.83. The van der Waals surface area contributed by atoms with Gasteiger partial charge in [0.05, 0.1) is 19.1 Å². The maximum Gasteiger partial charge on any atom is 0.230 e. The van der Waals surface area contributed by atoms with Gasteiger partial charge < -0.3 is 14.1 Å². The van der Waals surface area contributed by atoms with E-state index in [-0.39, 0.29) is 17.9 Å². The van der Waals surface area contributed by atoms with Crippen LogP contribution in [-0.4, -0.2) is 45.7 Å². The Kier molecular flexibility index (Phi) is 4.21. The summed E-state index contributed by atoms with van der Waals surface area (Å²) in [5, 5.41) is 6.95. The average Bonchev–Trinajstić information content (AvgIpc) is 3.11. The average molecular weight is 318 g/mol. The van der Waals surface area contributed by atoms with Crippen molar-refractivity contribution in [2.75, 3.05) is 19.7 Å². The number of rotatable bonds is 3. The number of hydrogen-bond acceptors (Lipinski definition) is 5. The Bertz CT molecular complexity index is 706. The van der Waals surface area contributed by atoms with Crippen molar-refractivity contribution in [1.29, 1.82) is 0 Å². The minimum Gasteiger partial charge on any atom is -0.466 e. The molecule has 1 amide bonds. The number of amides is 1. The summed E-state index contributed by atoms with van der Waals surface area (Å²) >= 11 is 0. The van der Waals surface area contributed by atoms with Crippen LogP contribution in [0.5, 0.6) is 0 Å². The second-order valence-electron chi connectivity index (χ2n) is 6.01. The molecule has 0 saturated carbocycles. The predicted octanol–water partition coefficient (Wildman–Crippen LogP) is 2.03. The number of nitrogens with zero attached hydrogens (tertiary/aromatic N) is 3. The second-order valence-corrected chi connectivity index (χ2v) is 6.01. The van der Waals surface area contributed by atoms with Crippen molar-refractivity contribution in [2.45, 2.75) is 39.7 Å². The van der Waals surface area contributed by atoms with Crippen LogP contribution in [0.15, 0.2) is 10.5 Å². The lowest BCUT2D eigenvalue weighted by atomic mass is 9.99. The van der Waals surface area contributed by atoms with Crippen LogP contribution in [0.4, 0.5) is 0 Å². The van der Waals surface area contributed by atoms with Gasteiger partial charge in [-0.1, -0.05) is 0 Å². The lowest BCUT2D eigenvalue weighted by molar-refractivity contribution is -0.140. The predicted molar refractivity (Wildman–Crippen MR) is 83.0 cm³/mol. The van der Waals surface area contributed by atoms with E-state index in [1.165, 1.54) is 0 Å². The quantitative estimate of drug-likeness (QED) is 0.936. The fourth-order valence-electron chi connectivity index (χ4n) is 3.00. The van der Waals surface area contributed by atoms with E-state index in [4.69, 9.17) is 9.15 Å². The highest BCUT2D eigenvalue weighted by atomic mass is 16.5. The lowest BCUT2D eigenvalue weighted by Crippen LogP contribution is -2.44. The van der Waals surface area contributed by atoms with Gasteiger partial charge in [0, 0.05) is 12.1 Å². The van der Waals surface area contributed by atoms with Crippen LogP contribution < -0.4 is 0 Å². The van der Waals surface area contributed by atoms with Crippen molar-refractivity contribution in [3.05, 3.63) is 34.8 Å². The minimum atomic E-state index is -0.281. The third-order valence-electron chi connectivity index (χ3n) is 4.20. The van der Waals surface area contributed by atoms with Crippen LogP contribution in [0.25, 0.3) is 0 Å². The summed E-state index contributed by atoms with van der Waals surface area (Å²) in [5.74, 6) is 2.81. The summed E-state index contributed by atoms with van der Waals surface area (Å²) in [6.07, 6.45) is -0.281. The Morgan fingerprint density at radius 2 is 2.22 bits per heavy atom. The summed E-state index contributed by atoms with van der Waals surface area (Å²) in [7, 11) is 0. The van der Waals surface area contributed by atoms with E-state index < -0.39 is 0 Å². The Morgan fingerprint density at radius 1 is 1.43 bits per heavy atom. The molecule has 7 heteroatoms. The fraction of sp³-hybridized carbons (Fsp3) is 0.562. The number of carbonyl (C=O) groups excluding carboxylic acids is 1. The Hall–Kier alpha value is -2.15. The van der Waals surface area contributed by atoms with Gasteiger partial charge in [-0.2, -0.15) is 5.10 Å². The van der Waals surface area contributed by atoms with Gasteiger partial charge in [-0.15, -0.1) is 0 Å². The molecule has 1 fully saturated rings. The molecule has 0 bridgehead atoms. The van der Waals surface area contributed by atoms with Crippen molar-refractivity contribution >= 4 is 5.91 Å². The Labute approximate surface area is 135 Å². The molecule has 1 aliphatic heterocycles. The summed E-state index contributed by atoms with van der Waals surface area (Å²) in [6, 6.07) is 1.94. The first kappa shape index (κ1) is 15.7. The molecule has 0 aliphatic carbocycles. The smallest absolute Gasteiger partial charge is 0.230 e. The number of furan rings is 1. The van der Waals surface area contributed by atoms with Gasteiger partial charge in [0.2, 0.25) is 5.91 Å². The molecule has 1 aliphatic rings. The number of carbonyl (C=O) groups is 1. The maximum absolute atomic E-state index is 12.8. The van der Waals surface area contributed by atoms with Crippen molar-refractivity contribution in [3.8, 4) is 0 Å². The molecule has 1 saturated heterocycles. The van der Waals surface area contributed by atoms with E-state index in [2.05, 4.69) is 15.2 Å². The zero-order valence-corrected chi connectivity index (χ0v) is 13.9. The van der Waals surface area contributed by atoms with Crippen LogP contribution in [-0.2, 0) is 9.53 Å². The summed E-state index contributed by atoms with van der Waals surface area (Å²) in [4.78, 5) is 19.0. The van der Waals surface area contributed by atoms with Gasteiger partial charge in [0.1, 0.15) is 23.4 Å². The van der Waals surface area contributed by atoms with E-state index in [9.17, 15) is 4.79 Å². The molecule has 7 nitrogen and oxygen atoms in total. The molecule has 0 spiro atoms. The zero-order chi connectivity index (χ0) is 16.6. The van der Waals surface area contributed by atoms with Gasteiger partial charge in [-0.05, 0) is 33.8 Å². The zero-order valence-electron chi connectivity index (χ0n) is 13.9. The fourth-order valence-corrected chi connectivity index (χ4v) is 3.00. The van der Waals surface area contributed by atoms with Gasteiger partial charge >= 0.3 is 0 Å². The molecular formula is C16H22N4O3. The maximum atomic E-state index is 12.8. The first-order chi connectivity index (χ1) is 11.0. The Morgan fingerprint density at radius 3 is 2.83 bits per heavy atom. The molecule has 3 heterocycles. The van der Waals surface area contributed by atoms with Gasteiger partial charge in [0.25, 0.3) is 0 Å². The van der Waals surface area contributed by atoms with Crippen molar-refractivity contribution < 1.29 is 13.9 Å². The van der Waals surface area contributed by atoms with Crippen LogP contribution in [0.3, 0.4) is 0 Å². The molecule has 2 aromatic heterocycles. The molecular weight excluding hydrogens is 296 g/mol. The standard InChI is InChI=1S/C16H22N4O3/c1-9-7-13(11(3)23-9)10(2)16(21)20-5-6-22-14(8-20)15-17-12(4)18-19-15/h7,10,14H,5-6,8H2,1-4H3,(H,17,18,19). The third-order valence-corrected chi connectivity index (χ3v) is 4.20. The molecule has 1 N–H and O–H groups in total. The molecule has 0 radical (unpaired) electrons. The van der Waals surface area contributed by atoms with E-state index in [0.717, 1.165) is 22.9 Å². The molecule has 2 unspecified atom stereocenters. The SMILES string of the molecule is Cc1nc(C2CN(C(=O)C(C)c3cc(C)oc3C)CCO2)n[nH]1. The number of H-pyrrole nitrogens is 1. The van der Waals surface area contributed by atoms with Gasteiger partial charge in [-0.25, -0.2) is 4.98 Å². The molecule has 0 aromatic carbocycles. The largest absolute Gasteiger partial charge is 0.466 e. The van der Waals surface area contributed by atoms with E-state index in [0.29, 0.717) is 25.5 Å². The lowest BCUT2D eigenvalue weighted by Gasteiger charge is -2.33. The first-order valence-electron chi connectivity index (χ1n) is 7.82. The number of aromatic amines is 1. The van der Waals surface area contributed by atoms with Gasteiger partial charge in [0.15, 0.2) is 5.82 Å². The minimum absolute atomic E-state index is 0.0782. The molecule has 2 atom stereocenters. The summed E-state index contributed by atoms with van der Waals surface area (Å²) < 4.78 is 11.3. The highest BCUT2D eigenvalue weighted by Crippen LogP contribution is 2.27. The van der Waals surface area contributed by atoms with Crippen LogP contribution >= 0.6 is 0 Å². The monoisotopic (exact) mass is 318 g/mol. The molecule has 124 valence electrons. The molecule has 23 heavy (non-hydrogen) atoms. The topological polar surface area (TPSA) is 84.2 Å². The Balaban J connectivity index is 1.73. The number of aromatic nitrogens is 3. The molecule has 2 aromatic rings. The number of ether oxygens (including phenoxy) is 1. The van der Waals surface area contributed by atoms with E-state index >= 15 is 0 Å². The van der Waals surface area contributed by atoms with Crippen molar-refractivity contribution in [3.63, 3.8) is 0 Å². The first-order valence-corrected chi connectivity index (χ1v) is 7.82. The van der Waals surface area contributed by atoms with E-state index in [1.54, 1.807) is 0 Å². The highest BCUT2D eigenvalue weighted by Gasteiger charge is 2.31. The van der Waals surface area contributed by atoms with Crippen molar-refractivity contribution in [2.24, 2.45) is 0 Å². The van der Waals surface area contributed by atoms with Crippen LogP contribution in [0.2, 0.25) is 0 Å². The third kappa shape index (κ3) is 3.14. The van der Waals surface area contributed by atoms with Gasteiger partial charge in [-0.3, -0.25) is 9.89 Å². The summed E-state index contributed by atoms with van der Waals surface area (Å²) in [5.41, 5.74) is 0.948. The summed E-state index contributed by atoms with van der Waals surface area (Å²) in [6.45, 7) is 9.08. The second kappa shape index (κ2) is 6.16. The molecule has 3 rings (SSSR count). The van der Waals surface area contributed by atoms with E-state index in [1.807, 2.05) is 38.7 Å². The normalized spacial score (nSPS) is 19.8. The van der Waals surface area contributed by atoms with Crippen molar-refractivity contribution in [1.82, 2.24) is 20.1 Å². The number of hydrogen-bond donors (Lipinski definition) is 1. The number of morpholine rings is 1.